The minimum absolute atomic E-state index is 0.0708. The lowest BCUT2D eigenvalue weighted by atomic mass is 10.2. The van der Waals surface area contributed by atoms with Crippen molar-refractivity contribution in [3.63, 3.8) is 0 Å². The van der Waals surface area contributed by atoms with Crippen LogP contribution in [0.4, 0.5) is 4.39 Å². The molecule has 1 aromatic heterocycles. The standard InChI is InChI=1S/C12H9ClFNO/c13-10-7-9(4-5-11(10)14)8-15-6-2-1-3-12(15)16/h1-7H,8H2. The number of aromatic nitrogens is 1. The monoisotopic (exact) mass is 237 g/mol. The molecule has 16 heavy (non-hydrogen) atoms. The van der Waals surface area contributed by atoms with Gasteiger partial charge in [0.15, 0.2) is 0 Å². The molecule has 0 aliphatic heterocycles. The summed E-state index contributed by atoms with van der Waals surface area (Å²) in [6.45, 7) is 0.389. The van der Waals surface area contributed by atoms with Crippen molar-refractivity contribution in [3.05, 3.63) is 69.4 Å². The van der Waals surface area contributed by atoms with E-state index in [2.05, 4.69) is 0 Å². The quantitative estimate of drug-likeness (QED) is 0.787. The van der Waals surface area contributed by atoms with Crippen molar-refractivity contribution in [3.8, 4) is 0 Å². The Morgan fingerprint density at radius 2 is 2.06 bits per heavy atom. The molecule has 1 aromatic carbocycles. The molecule has 0 atom stereocenters. The van der Waals surface area contributed by atoms with Crippen LogP contribution in [0.25, 0.3) is 0 Å². The van der Waals surface area contributed by atoms with Gasteiger partial charge in [0.05, 0.1) is 11.6 Å². The van der Waals surface area contributed by atoms with E-state index >= 15 is 0 Å². The van der Waals surface area contributed by atoms with Crippen LogP contribution >= 0.6 is 11.6 Å². The number of pyridine rings is 1. The predicted octanol–water partition coefficient (Wildman–Crippen LogP) is 2.69. The molecule has 0 bridgehead atoms. The van der Waals surface area contributed by atoms with Crippen molar-refractivity contribution < 1.29 is 4.39 Å². The van der Waals surface area contributed by atoms with E-state index in [1.54, 1.807) is 24.4 Å². The maximum absolute atomic E-state index is 12.9. The highest BCUT2D eigenvalue weighted by atomic mass is 35.5. The fourth-order valence-corrected chi connectivity index (χ4v) is 1.63. The molecule has 1 heterocycles. The van der Waals surface area contributed by atoms with Gasteiger partial charge in [0, 0.05) is 12.3 Å². The number of nitrogens with zero attached hydrogens (tertiary/aromatic N) is 1. The number of hydrogen-bond donors (Lipinski definition) is 0. The van der Waals surface area contributed by atoms with Crippen LogP contribution in [0.15, 0.2) is 47.4 Å². The zero-order valence-electron chi connectivity index (χ0n) is 8.36. The summed E-state index contributed by atoms with van der Waals surface area (Å²) >= 11 is 5.66. The van der Waals surface area contributed by atoms with E-state index in [9.17, 15) is 9.18 Å². The van der Waals surface area contributed by atoms with Gasteiger partial charge in [-0.25, -0.2) is 4.39 Å². The molecule has 82 valence electrons. The van der Waals surface area contributed by atoms with E-state index in [1.165, 1.54) is 22.8 Å². The molecular weight excluding hydrogens is 229 g/mol. The van der Waals surface area contributed by atoms with Crippen LogP contribution < -0.4 is 5.56 Å². The third-order valence-corrected chi connectivity index (χ3v) is 2.53. The molecule has 2 aromatic rings. The van der Waals surface area contributed by atoms with Crippen LogP contribution in [-0.2, 0) is 6.54 Å². The summed E-state index contributed by atoms with van der Waals surface area (Å²) in [5.41, 5.74) is 0.697. The fourth-order valence-electron chi connectivity index (χ4n) is 1.43. The minimum atomic E-state index is -0.453. The molecule has 0 unspecified atom stereocenters. The SMILES string of the molecule is O=c1ccccn1Cc1ccc(F)c(Cl)c1. The van der Waals surface area contributed by atoms with Crippen molar-refractivity contribution in [2.75, 3.05) is 0 Å². The zero-order valence-corrected chi connectivity index (χ0v) is 9.12. The Labute approximate surface area is 96.9 Å². The second kappa shape index (κ2) is 4.49. The van der Waals surface area contributed by atoms with Gasteiger partial charge in [-0.15, -0.1) is 0 Å². The van der Waals surface area contributed by atoms with Crippen molar-refractivity contribution in [2.45, 2.75) is 6.54 Å². The molecule has 0 saturated heterocycles. The molecule has 0 spiro atoms. The molecule has 2 rings (SSSR count). The Kier molecular flexibility index (Phi) is 3.06. The summed E-state index contributed by atoms with van der Waals surface area (Å²) in [6, 6.07) is 9.36. The van der Waals surface area contributed by atoms with Gasteiger partial charge >= 0.3 is 0 Å². The van der Waals surface area contributed by atoms with E-state index in [0.29, 0.717) is 6.54 Å². The summed E-state index contributed by atoms with van der Waals surface area (Å²) in [6.07, 6.45) is 1.68. The van der Waals surface area contributed by atoms with Crippen LogP contribution in [-0.4, -0.2) is 4.57 Å². The molecule has 0 aliphatic rings. The third kappa shape index (κ3) is 2.31. The number of benzene rings is 1. The Balaban J connectivity index is 2.31. The van der Waals surface area contributed by atoms with Gasteiger partial charge in [-0.1, -0.05) is 23.7 Å². The second-order valence-corrected chi connectivity index (χ2v) is 3.82. The normalized spacial score (nSPS) is 10.4. The molecular formula is C12H9ClFNO. The van der Waals surface area contributed by atoms with Crippen LogP contribution in [0.2, 0.25) is 5.02 Å². The first-order chi connectivity index (χ1) is 7.66. The average Bonchev–Trinajstić information content (AvgIpc) is 2.27. The molecule has 0 radical (unpaired) electrons. The van der Waals surface area contributed by atoms with Gasteiger partial charge in [0.1, 0.15) is 5.82 Å². The van der Waals surface area contributed by atoms with Crippen LogP contribution in [0, 0.1) is 5.82 Å². The molecule has 0 aliphatic carbocycles. The maximum atomic E-state index is 12.9. The lowest BCUT2D eigenvalue weighted by Crippen LogP contribution is -2.18. The van der Waals surface area contributed by atoms with Crippen LogP contribution in [0.3, 0.4) is 0 Å². The summed E-state index contributed by atoms with van der Waals surface area (Å²) in [5, 5.41) is 0.0708. The number of hydrogen-bond acceptors (Lipinski definition) is 1. The van der Waals surface area contributed by atoms with E-state index in [0.717, 1.165) is 5.56 Å². The maximum Gasteiger partial charge on any atom is 0.250 e. The Bertz CT molecular complexity index is 565. The first-order valence-electron chi connectivity index (χ1n) is 4.76. The largest absolute Gasteiger partial charge is 0.311 e. The molecule has 0 fully saturated rings. The van der Waals surface area contributed by atoms with Crippen molar-refractivity contribution >= 4 is 11.6 Å². The van der Waals surface area contributed by atoms with E-state index < -0.39 is 5.82 Å². The summed E-state index contributed by atoms with van der Waals surface area (Å²) in [5.74, 6) is -0.453. The summed E-state index contributed by atoms with van der Waals surface area (Å²) in [7, 11) is 0. The van der Waals surface area contributed by atoms with Gasteiger partial charge in [-0.05, 0) is 23.8 Å². The minimum Gasteiger partial charge on any atom is -0.311 e. The van der Waals surface area contributed by atoms with E-state index in [1.807, 2.05) is 0 Å². The lowest BCUT2D eigenvalue weighted by molar-refractivity contribution is 0.626. The lowest BCUT2D eigenvalue weighted by Gasteiger charge is -2.05. The van der Waals surface area contributed by atoms with Gasteiger partial charge in [0.2, 0.25) is 0 Å². The first-order valence-corrected chi connectivity index (χ1v) is 5.14. The van der Waals surface area contributed by atoms with E-state index in [4.69, 9.17) is 11.6 Å². The van der Waals surface area contributed by atoms with Crippen molar-refractivity contribution in [1.29, 1.82) is 0 Å². The van der Waals surface area contributed by atoms with Gasteiger partial charge < -0.3 is 4.57 Å². The molecule has 0 amide bonds. The van der Waals surface area contributed by atoms with Crippen molar-refractivity contribution in [1.82, 2.24) is 4.57 Å². The Hall–Kier alpha value is -1.61. The topological polar surface area (TPSA) is 22.0 Å². The number of halogens is 2. The Morgan fingerprint density at radius 3 is 2.75 bits per heavy atom. The van der Waals surface area contributed by atoms with Crippen LogP contribution in [0.1, 0.15) is 5.56 Å². The third-order valence-electron chi connectivity index (χ3n) is 2.24. The predicted molar refractivity (Wildman–Crippen MR) is 61.2 cm³/mol. The Morgan fingerprint density at radius 1 is 1.25 bits per heavy atom. The van der Waals surface area contributed by atoms with E-state index in [-0.39, 0.29) is 10.6 Å². The second-order valence-electron chi connectivity index (χ2n) is 3.42. The highest BCUT2D eigenvalue weighted by molar-refractivity contribution is 6.30. The zero-order chi connectivity index (χ0) is 11.5. The molecule has 0 saturated carbocycles. The van der Waals surface area contributed by atoms with Crippen molar-refractivity contribution in [2.24, 2.45) is 0 Å². The smallest absolute Gasteiger partial charge is 0.250 e. The average molecular weight is 238 g/mol. The highest BCUT2D eigenvalue weighted by Gasteiger charge is 2.02. The summed E-state index contributed by atoms with van der Waals surface area (Å²) in [4.78, 5) is 11.4. The van der Waals surface area contributed by atoms with Gasteiger partial charge in [-0.3, -0.25) is 4.79 Å². The van der Waals surface area contributed by atoms with Crippen LogP contribution in [0.5, 0.6) is 0 Å². The molecule has 0 N–H and O–H groups in total. The molecule has 4 heteroatoms. The number of rotatable bonds is 2. The molecule has 2 nitrogen and oxygen atoms in total. The van der Waals surface area contributed by atoms with Gasteiger partial charge in [-0.2, -0.15) is 0 Å². The fraction of sp³-hybridized carbons (Fsp3) is 0.0833. The summed E-state index contributed by atoms with van der Waals surface area (Å²) < 4.78 is 14.4. The van der Waals surface area contributed by atoms with Gasteiger partial charge in [0.25, 0.3) is 5.56 Å². The highest BCUT2D eigenvalue weighted by Crippen LogP contribution is 2.16. The first kappa shape index (κ1) is 10.9.